The van der Waals surface area contributed by atoms with Gasteiger partial charge in [-0.3, -0.25) is 9.79 Å². The lowest BCUT2D eigenvalue weighted by Gasteiger charge is -2.15. The van der Waals surface area contributed by atoms with E-state index >= 15 is 0 Å². The molecule has 0 saturated heterocycles. The number of para-hydroxylation sites is 1. The van der Waals surface area contributed by atoms with Crippen molar-refractivity contribution in [3.05, 3.63) is 64.1 Å². The average molecular weight is 431 g/mol. The highest BCUT2D eigenvalue weighted by molar-refractivity contribution is 9.10. The standard InChI is InChI=1S/C20H23BrN4O2/c1-22-20(25-13-17-12-15-4-2-3-5-18(15)27-17)24-11-10-23-19(26)14-6-8-16(21)9-7-14/h2-9,17H,10-13H2,1H3,(H,23,26)(H2,22,24,25). The lowest BCUT2D eigenvalue weighted by molar-refractivity contribution is 0.0954. The van der Waals surface area contributed by atoms with E-state index in [-0.39, 0.29) is 12.0 Å². The highest BCUT2D eigenvalue weighted by atomic mass is 79.9. The summed E-state index contributed by atoms with van der Waals surface area (Å²) < 4.78 is 6.86. The van der Waals surface area contributed by atoms with Crippen molar-refractivity contribution in [2.75, 3.05) is 26.7 Å². The molecule has 2 aromatic carbocycles. The first-order chi connectivity index (χ1) is 13.2. The molecule has 0 bridgehead atoms. The van der Waals surface area contributed by atoms with Gasteiger partial charge in [-0.25, -0.2) is 0 Å². The molecule has 0 saturated carbocycles. The molecular weight excluding hydrogens is 408 g/mol. The molecule has 0 fully saturated rings. The van der Waals surface area contributed by atoms with Gasteiger partial charge in [-0.2, -0.15) is 0 Å². The molecule has 1 aliphatic heterocycles. The number of carbonyl (C=O) groups is 1. The number of ether oxygens (including phenoxy) is 1. The second-order valence-corrected chi connectivity index (χ2v) is 7.11. The quantitative estimate of drug-likeness (QED) is 0.373. The molecule has 7 heteroatoms. The highest BCUT2D eigenvalue weighted by Gasteiger charge is 2.22. The number of hydrogen-bond donors (Lipinski definition) is 3. The molecule has 1 aliphatic rings. The normalized spacial score (nSPS) is 15.6. The molecule has 27 heavy (non-hydrogen) atoms. The Morgan fingerprint density at radius 3 is 2.59 bits per heavy atom. The van der Waals surface area contributed by atoms with Gasteiger partial charge in [-0.15, -0.1) is 0 Å². The minimum Gasteiger partial charge on any atom is -0.488 e. The van der Waals surface area contributed by atoms with Crippen LogP contribution in [0.1, 0.15) is 15.9 Å². The van der Waals surface area contributed by atoms with E-state index in [0.29, 0.717) is 31.2 Å². The van der Waals surface area contributed by atoms with Crippen molar-refractivity contribution in [2.45, 2.75) is 12.5 Å². The van der Waals surface area contributed by atoms with Crippen molar-refractivity contribution < 1.29 is 9.53 Å². The zero-order chi connectivity index (χ0) is 19.1. The van der Waals surface area contributed by atoms with Gasteiger partial charge in [0.1, 0.15) is 11.9 Å². The number of nitrogens with zero attached hydrogens (tertiary/aromatic N) is 1. The van der Waals surface area contributed by atoms with Crippen LogP contribution < -0.4 is 20.7 Å². The van der Waals surface area contributed by atoms with Crippen molar-refractivity contribution in [3.8, 4) is 5.75 Å². The Kier molecular flexibility index (Phi) is 6.70. The van der Waals surface area contributed by atoms with Crippen LogP contribution >= 0.6 is 15.9 Å². The summed E-state index contributed by atoms with van der Waals surface area (Å²) >= 11 is 3.36. The largest absolute Gasteiger partial charge is 0.488 e. The van der Waals surface area contributed by atoms with Crippen LogP contribution in [0.3, 0.4) is 0 Å². The van der Waals surface area contributed by atoms with Gasteiger partial charge in [-0.1, -0.05) is 34.1 Å². The number of hydrogen-bond acceptors (Lipinski definition) is 3. The third-order valence-corrected chi connectivity index (χ3v) is 4.77. The number of benzene rings is 2. The monoisotopic (exact) mass is 430 g/mol. The van der Waals surface area contributed by atoms with E-state index in [9.17, 15) is 4.79 Å². The van der Waals surface area contributed by atoms with Gasteiger partial charge in [0.2, 0.25) is 0 Å². The van der Waals surface area contributed by atoms with Crippen molar-refractivity contribution in [1.29, 1.82) is 0 Å². The molecule has 142 valence electrons. The Morgan fingerprint density at radius 1 is 1.11 bits per heavy atom. The summed E-state index contributed by atoms with van der Waals surface area (Å²) in [5.41, 5.74) is 1.88. The number of rotatable bonds is 6. The lowest BCUT2D eigenvalue weighted by Crippen LogP contribution is -2.44. The van der Waals surface area contributed by atoms with Gasteiger partial charge < -0.3 is 20.7 Å². The van der Waals surface area contributed by atoms with Crippen LogP contribution in [-0.2, 0) is 6.42 Å². The van der Waals surface area contributed by atoms with Crippen LogP contribution in [0.2, 0.25) is 0 Å². The maximum absolute atomic E-state index is 12.1. The number of guanidine groups is 1. The SMILES string of the molecule is CN=C(NCCNC(=O)c1ccc(Br)cc1)NCC1Cc2ccccc2O1. The zero-order valence-corrected chi connectivity index (χ0v) is 16.8. The van der Waals surface area contributed by atoms with Crippen LogP contribution in [0.5, 0.6) is 5.75 Å². The Bertz CT molecular complexity index is 783. The minimum atomic E-state index is -0.0932. The average Bonchev–Trinajstić information content (AvgIpc) is 3.10. The third-order valence-electron chi connectivity index (χ3n) is 4.24. The van der Waals surface area contributed by atoms with Crippen molar-refractivity contribution in [3.63, 3.8) is 0 Å². The highest BCUT2D eigenvalue weighted by Crippen LogP contribution is 2.27. The number of amides is 1. The predicted molar refractivity (Wildman–Crippen MR) is 110 cm³/mol. The van der Waals surface area contributed by atoms with E-state index < -0.39 is 0 Å². The molecule has 1 heterocycles. The lowest BCUT2D eigenvalue weighted by atomic mass is 10.1. The Labute approximate surface area is 167 Å². The van der Waals surface area contributed by atoms with Crippen molar-refractivity contribution >= 4 is 27.8 Å². The molecule has 2 aromatic rings. The smallest absolute Gasteiger partial charge is 0.251 e. The Hall–Kier alpha value is -2.54. The Morgan fingerprint density at radius 2 is 1.85 bits per heavy atom. The first-order valence-corrected chi connectivity index (χ1v) is 9.68. The summed E-state index contributed by atoms with van der Waals surface area (Å²) in [5.74, 6) is 1.56. The molecule has 3 rings (SSSR count). The van der Waals surface area contributed by atoms with Crippen molar-refractivity contribution in [2.24, 2.45) is 4.99 Å². The van der Waals surface area contributed by atoms with E-state index in [1.165, 1.54) is 5.56 Å². The van der Waals surface area contributed by atoms with Gasteiger partial charge in [0, 0.05) is 36.6 Å². The summed E-state index contributed by atoms with van der Waals surface area (Å²) in [7, 11) is 1.72. The van der Waals surface area contributed by atoms with Crippen LogP contribution in [0, 0.1) is 0 Å². The second-order valence-electron chi connectivity index (χ2n) is 6.19. The van der Waals surface area contributed by atoms with E-state index in [2.05, 4.69) is 42.9 Å². The van der Waals surface area contributed by atoms with E-state index in [4.69, 9.17) is 4.74 Å². The molecule has 0 spiro atoms. The van der Waals surface area contributed by atoms with E-state index in [1.807, 2.05) is 30.3 Å². The van der Waals surface area contributed by atoms with E-state index in [0.717, 1.165) is 16.6 Å². The zero-order valence-electron chi connectivity index (χ0n) is 15.2. The molecular formula is C20H23BrN4O2. The van der Waals surface area contributed by atoms with Gasteiger partial charge >= 0.3 is 0 Å². The van der Waals surface area contributed by atoms with Gasteiger partial charge in [-0.05, 0) is 35.9 Å². The van der Waals surface area contributed by atoms with Gasteiger partial charge in [0.15, 0.2) is 5.96 Å². The molecule has 1 amide bonds. The molecule has 1 unspecified atom stereocenters. The molecule has 1 atom stereocenters. The molecule has 3 N–H and O–H groups in total. The third kappa shape index (κ3) is 5.47. The number of fused-ring (bicyclic) bond motifs is 1. The van der Waals surface area contributed by atoms with E-state index in [1.54, 1.807) is 19.2 Å². The fourth-order valence-corrected chi connectivity index (χ4v) is 3.12. The summed E-state index contributed by atoms with van der Waals surface area (Å²) in [6, 6.07) is 15.4. The minimum absolute atomic E-state index is 0.0932. The predicted octanol–water partition coefficient (Wildman–Crippen LogP) is 2.35. The first-order valence-electron chi connectivity index (χ1n) is 8.88. The summed E-state index contributed by atoms with van der Waals surface area (Å²) in [5, 5.41) is 9.34. The van der Waals surface area contributed by atoms with Crippen LogP contribution in [0.25, 0.3) is 0 Å². The summed E-state index contributed by atoms with van der Waals surface area (Å²) in [6.45, 7) is 1.74. The van der Waals surface area contributed by atoms with Crippen LogP contribution in [0.15, 0.2) is 58.0 Å². The maximum atomic E-state index is 12.1. The van der Waals surface area contributed by atoms with Gasteiger partial charge in [0.05, 0.1) is 6.54 Å². The number of carbonyl (C=O) groups excluding carboxylic acids is 1. The Balaban J connectivity index is 1.35. The van der Waals surface area contributed by atoms with Gasteiger partial charge in [0.25, 0.3) is 5.91 Å². The molecule has 0 aliphatic carbocycles. The molecule has 0 radical (unpaired) electrons. The summed E-state index contributed by atoms with van der Waals surface area (Å²) in [4.78, 5) is 16.3. The van der Waals surface area contributed by atoms with Crippen LogP contribution in [0.4, 0.5) is 0 Å². The fourth-order valence-electron chi connectivity index (χ4n) is 2.86. The number of nitrogens with one attached hydrogen (secondary N) is 3. The summed E-state index contributed by atoms with van der Waals surface area (Å²) in [6.07, 6.45) is 0.988. The number of halogens is 1. The fraction of sp³-hybridized carbons (Fsp3) is 0.300. The topological polar surface area (TPSA) is 74.8 Å². The molecule has 0 aromatic heterocycles. The molecule has 6 nitrogen and oxygen atoms in total. The number of aliphatic imine (C=N–C) groups is 1. The van der Waals surface area contributed by atoms with Crippen molar-refractivity contribution in [1.82, 2.24) is 16.0 Å². The first kappa shape index (κ1) is 19.2. The second kappa shape index (κ2) is 9.41. The maximum Gasteiger partial charge on any atom is 0.251 e. The van der Waals surface area contributed by atoms with Crippen LogP contribution in [-0.4, -0.2) is 44.7 Å².